The van der Waals surface area contributed by atoms with Crippen molar-refractivity contribution in [2.24, 2.45) is 5.92 Å². The third-order valence-corrected chi connectivity index (χ3v) is 8.73. The van der Waals surface area contributed by atoms with Gasteiger partial charge in [0.05, 0.1) is 16.5 Å². The molecule has 4 rings (SSSR count). The van der Waals surface area contributed by atoms with Crippen molar-refractivity contribution < 1.29 is 13.2 Å². The molecule has 0 radical (unpaired) electrons. The molecule has 1 saturated carbocycles. The van der Waals surface area contributed by atoms with E-state index in [0.29, 0.717) is 43.7 Å². The number of aryl methyl sites for hydroxylation is 1. The number of hydrogen-bond donors (Lipinski definition) is 1. The van der Waals surface area contributed by atoms with Gasteiger partial charge < -0.3 is 4.90 Å². The minimum Gasteiger partial charge on any atom is -0.323 e. The minimum atomic E-state index is -3.06. The number of urea groups is 1. The molecule has 7 nitrogen and oxygen atoms in total. The van der Waals surface area contributed by atoms with E-state index in [9.17, 15) is 13.2 Å². The number of likely N-dealkylation sites (tertiary alicyclic amines) is 1. The lowest BCUT2D eigenvalue weighted by Crippen LogP contribution is -2.40. The number of amides is 2. The van der Waals surface area contributed by atoms with Crippen molar-refractivity contribution in [3.63, 3.8) is 0 Å². The van der Waals surface area contributed by atoms with Crippen LogP contribution >= 0.6 is 0 Å². The molecule has 3 heterocycles. The zero-order valence-corrected chi connectivity index (χ0v) is 15.6. The fourth-order valence-corrected chi connectivity index (χ4v) is 6.52. The highest BCUT2D eigenvalue weighted by atomic mass is 32.2. The second-order valence-corrected chi connectivity index (χ2v) is 10.3. The molecule has 8 heteroatoms. The van der Waals surface area contributed by atoms with Crippen LogP contribution < -0.4 is 5.32 Å². The monoisotopic (exact) mass is 366 g/mol. The molecule has 0 spiro atoms. The fourth-order valence-electron chi connectivity index (χ4n) is 4.23. The molecule has 1 aliphatic carbocycles. The summed E-state index contributed by atoms with van der Waals surface area (Å²) in [5.41, 5.74) is 1.03. The summed E-state index contributed by atoms with van der Waals surface area (Å²) in [7, 11) is -3.06. The van der Waals surface area contributed by atoms with Crippen molar-refractivity contribution in [3.05, 3.63) is 11.8 Å². The van der Waals surface area contributed by atoms with Gasteiger partial charge in [-0.05, 0) is 51.9 Å². The molecule has 1 aromatic heterocycles. The summed E-state index contributed by atoms with van der Waals surface area (Å²) in [6, 6.07) is 1.99. The van der Waals surface area contributed by atoms with Crippen molar-refractivity contribution >= 4 is 21.7 Å². The Bertz CT molecular complexity index is 784. The van der Waals surface area contributed by atoms with Gasteiger partial charge in [0.2, 0.25) is 0 Å². The first kappa shape index (κ1) is 16.9. The van der Waals surface area contributed by atoms with Gasteiger partial charge >= 0.3 is 6.03 Å². The van der Waals surface area contributed by atoms with Crippen molar-refractivity contribution in [3.8, 4) is 0 Å². The van der Waals surface area contributed by atoms with Crippen LogP contribution in [0.25, 0.3) is 0 Å². The van der Waals surface area contributed by atoms with Crippen molar-refractivity contribution in [2.75, 3.05) is 18.4 Å². The average Bonchev–Trinajstić information content (AvgIpc) is 3.26. The summed E-state index contributed by atoms with van der Waals surface area (Å²) < 4.78 is 26.7. The topological polar surface area (TPSA) is 84.3 Å². The fraction of sp³-hybridized carbons (Fsp3) is 0.765. The minimum absolute atomic E-state index is 0.244. The summed E-state index contributed by atoms with van der Waals surface area (Å²) >= 11 is 0. The van der Waals surface area contributed by atoms with Crippen molar-refractivity contribution in [1.29, 1.82) is 0 Å². The molecular formula is C17H26N4O3S. The molecule has 1 N–H and O–H groups in total. The lowest BCUT2D eigenvalue weighted by atomic mass is 10.1. The lowest BCUT2D eigenvalue weighted by Gasteiger charge is -2.23. The lowest BCUT2D eigenvalue weighted by molar-refractivity contribution is 0.209. The van der Waals surface area contributed by atoms with E-state index in [1.165, 1.54) is 12.8 Å². The van der Waals surface area contributed by atoms with Crippen LogP contribution in [-0.4, -0.2) is 52.7 Å². The van der Waals surface area contributed by atoms with E-state index < -0.39 is 15.1 Å². The van der Waals surface area contributed by atoms with E-state index >= 15 is 0 Å². The van der Waals surface area contributed by atoms with Crippen LogP contribution in [0.15, 0.2) is 6.07 Å². The van der Waals surface area contributed by atoms with Crippen LogP contribution in [0.2, 0.25) is 0 Å². The Kier molecular flexibility index (Phi) is 4.05. The van der Waals surface area contributed by atoms with Gasteiger partial charge in [-0.3, -0.25) is 10.00 Å². The van der Waals surface area contributed by atoms with Crippen LogP contribution in [0.5, 0.6) is 0 Å². The Morgan fingerprint density at radius 1 is 1.24 bits per heavy atom. The normalized spacial score (nSPS) is 29.3. The number of sulfone groups is 1. The SMILES string of the molecule is Cc1cc(NC(=O)N2CCC3CCC(C2)S3(=O)=O)nn1C(C)C1CC1. The Morgan fingerprint density at radius 2 is 1.96 bits per heavy atom. The Balaban J connectivity index is 1.45. The Hall–Kier alpha value is -1.57. The van der Waals surface area contributed by atoms with Crippen molar-refractivity contribution in [1.82, 2.24) is 14.7 Å². The zero-order valence-electron chi connectivity index (χ0n) is 14.8. The predicted octanol–water partition coefficient (Wildman–Crippen LogP) is 2.35. The van der Waals surface area contributed by atoms with E-state index in [1.807, 2.05) is 17.7 Å². The first-order chi connectivity index (χ1) is 11.9. The maximum absolute atomic E-state index is 12.6. The smallest absolute Gasteiger partial charge is 0.323 e. The molecule has 2 saturated heterocycles. The molecule has 25 heavy (non-hydrogen) atoms. The first-order valence-corrected chi connectivity index (χ1v) is 10.8. The van der Waals surface area contributed by atoms with E-state index in [0.717, 1.165) is 12.1 Å². The number of carbonyl (C=O) groups is 1. The van der Waals surface area contributed by atoms with E-state index in [1.54, 1.807) is 4.90 Å². The highest BCUT2D eigenvalue weighted by Crippen LogP contribution is 2.40. The standard InChI is InChI=1S/C17H26N4O3S/c1-11-9-16(19-21(11)12(2)13-3-4-13)18-17(22)20-8-7-14-5-6-15(10-20)25(14,23)24/h9,12-15H,3-8,10H2,1-2H3,(H,18,19,22). The molecule has 138 valence electrons. The molecule has 2 bridgehead atoms. The van der Waals surface area contributed by atoms with Crippen LogP contribution in [-0.2, 0) is 9.84 Å². The Morgan fingerprint density at radius 3 is 2.68 bits per heavy atom. The van der Waals surface area contributed by atoms with Crippen LogP contribution in [0.4, 0.5) is 10.6 Å². The zero-order chi connectivity index (χ0) is 17.8. The number of aromatic nitrogens is 2. The summed E-state index contributed by atoms with van der Waals surface area (Å²) in [6.45, 7) is 4.95. The second kappa shape index (κ2) is 6.00. The van der Waals surface area contributed by atoms with Crippen LogP contribution in [0.3, 0.4) is 0 Å². The number of fused-ring (bicyclic) bond motifs is 2. The van der Waals surface area contributed by atoms with E-state index in [-0.39, 0.29) is 11.3 Å². The number of rotatable bonds is 3. The molecular weight excluding hydrogens is 340 g/mol. The highest BCUT2D eigenvalue weighted by molar-refractivity contribution is 7.93. The maximum atomic E-state index is 12.6. The number of nitrogens with one attached hydrogen (secondary N) is 1. The van der Waals surface area contributed by atoms with E-state index in [4.69, 9.17) is 0 Å². The highest BCUT2D eigenvalue weighted by Gasteiger charge is 2.44. The largest absolute Gasteiger partial charge is 0.323 e. The first-order valence-electron chi connectivity index (χ1n) is 9.21. The van der Waals surface area contributed by atoms with Crippen molar-refractivity contribution in [2.45, 2.75) is 62.5 Å². The van der Waals surface area contributed by atoms with Gasteiger partial charge in [-0.1, -0.05) is 0 Å². The summed E-state index contributed by atoms with van der Waals surface area (Å²) in [5.74, 6) is 1.24. The quantitative estimate of drug-likeness (QED) is 0.890. The van der Waals surface area contributed by atoms with Gasteiger partial charge in [0.1, 0.15) is 0 Å². The number of nitrogens with zero attached hydrogens (tertiary/aromatic N) is 3. The van der Waals surface area contributed by atoms with Crippen LogP contribution in [0, 0.1) is 12.8 Å². The molecule has 1 aromatic rings. The van der Waals surface area contributed by atoms with Gasteiger partial charge in [0.25, 0.3) is 0 Å². The van der Waals surface area contributed by atoms with Gasteiger partial charge in [0, 0.05) is 24.8 Å². The second-order valence-electron chi connectivity index (χ2n) is 7.77. The van der Waals surface area contributed by atoms with Gasteiger partial charge in [-0.25, -0.2) is 13.2 Å². The molecule has 3 aliphatic rings. The molecule has 3 atom stereocenters. The number of hydrogen-bond acceptors (Lipinski definition) is 4. The summed E-state index contributed by atoms with van der Waals surface area (Å²) in [6.07, 6.45) is 4.44. The van der Waals surface area contributed by atoms with E-state index in [2.05, 4.69) is 17.3 Å². The molecule has 0 aromatic carbocycles. The molecule has 2 aliphatic heterocycles. The predicted molar refractivity (Wildman–Crippen MR) is 95.3 cm³/mol. The van der Waals surface area contributed by atoms with Gasteiger partial charge in [0.15, 0.2) is 15.7 Å². The maximum Gasteiger partial charge on any atom is 0.323 e. The third-order valence-electron chi connectivity index (χ3n) is 6.02. The number of carbonyl (C=O) groups excluding carboxylic acids is 1. The summed E-state index contributed by atoms with van der Waals surface area (Å²) in [5, 5.41) is 6.74. The Labute approximate surface area is 148 Å². The van der Waals surface area contributed by atoms with Gasteiger partial charge in [-0.15, -0.1) is 0 Å². The average molecular weight is 366 g/mol. The van der Waals surface area contributed by atoms with Gasteiger partial charge in [-0.2, -0.15) is 5.10 Å². The molecule has 2 amide bonds. The third kappa shape index (κ3) is 3.05. The van der Waals surface area contributed by atoms with Crippen LogP contribution in [0.1, 0.15) is 50.8 Å². The number of anilines is 1. The summed E-state index contributed by atoms with van der Waals surface area (Å²) in [4.78, 5) is 14.3. The molecule has 3 fully saturated rings. The molecule has 3 unspecified atom stereocenters.